The van der Waals surface area contributed by atoms with Crippen LogP contribution < -0.4 is 0 Å². The van der Waals surface area contributed by atoms with Crippen molar-refractivity contribution in [3.05, 3.63) is 23.5 Å². The third-order valence-corrected chi connectivity index (χ3v) is 1.42. The number of nitrogens with zero attached hydrogens (tertiary/aromatic N) is 1. The van der Waals surface area contributed by atoms with Crippen LogP contribution in [0.5, 0.6) is 0 Å². The van der Waals surface area contributed by atoms with Crippen molar-refractivity contribution in [3.63, 3.8) is 0 Å². The predicted molar refractivity (Wildman–Crippen MR) is 44.7 cm³/mol. The van der Waals surface area contributed by atoms with Gasteiger partial charge in [-0.2, -0.15) is 13.9 Å². The number of hydrogen-bond acceptors (Lipinski definition) is 3. The van der Waals surface area contributed by atoms with Crippen molar-refractivity contribution in [2.45, 2.75) is 6.92 Å². The Morgan fingerprint density at radius 1 is 1.71 bits per heavy atom. The van der Waals surface area contributed by atoms with Gasteiger partial charge in [0.05, 0.1) is 18.5 Å². The van der Waals surface area contributed by atoms with Crippen LogP contribution in [-0.2, 0) is 4.74 Å². The number of hydrogen-bond donors (Lipinski definition) is 1. The maximum absolute atomic E-state index is 11.9. The van der Waals surface area contributed by atoms with E-state index < -0.39 is 12.0 Å². The van der Waals surface area contributed by atoms with Crippen molar-refractivity contribution >= 4 is 12.0 Å². The second kappa shape index (κ2) is 4.50. The van der Waals surface area contributed by atoms with Gasteiger partial charge in [-0.15, -0.1) is 0 Å². The molecule has 0 aromatic carbocycles. The Kier molecular flexibility index (Phi) is 3.33. The molecular weight excluding hydrogens is 194 g/mol. The van der Waals surface area contributed by atoms with Crippen LogP contribution in [0.2, 0.25) is 0 Å². The summed E-state index contributed by atoms with van der Waals surface area (Å²) < 4.78 is 28.4. The molecule has 1 aromatic heterocycles. The second-order valence-corrected chi connectivity index (χ2v) is 2.35. The Morgan fingerprint density at radius 3 is 3.00 bits per heavy atom. The van der Waals surface area contributed by atoms with E-state index >= 15 is 0 Å². The van der Waals surface area contributed by atoms with Crippen molar-refractivity contribution in [1.29, 1.82) is 0 Å². The summed E-state index contributed by atoms with van der Waals surface area (Å²) in [5.74, 6) is -0.672. The summed E-state index contributed by atoms with van der Waals surface area (Å²) in [6.07, 6.45) is -0.230. The number of halogens is 2. The summed E-state index contributed by atoms with van der Waals surface area (Å²) in [7, 11) is 0. The van der Waals surface area contributed by atoms with E-state index in [9.17, 15) is 13.6 Å². The number of esters is 1. The number of carbonyl (C=O) groups excluding carboxylic acids is 1. The van der Waals surface area contributed by atoms with E-state index in [2.05, 4.69) is 14.9 Å². The molecule has 0 aliphatic heterocycles. The van der Waals surface area contributed by atoms with Gasteiger partial charge >= 0.3 is 5.97 Å². The Bertz CT molecular complexity index is 356. The third-order valence-electron chi connectivity index (χ3n) is 1.42. The highest BCUT2D eigenvalue weighted by molar-refractivity contribution is 5.92. The zero-order valence-electron chi connectivity index (χ0n) is 7.38. The normalized spacial score (nSPS) is 9.64. The Labute approximate surface area is 78.6 Å². The van der Waals surface area contributed by atoms with Gasteiger partial charge in [0.15, 0.2) is 0 Å². The molecule has 0 radical (unpaired) electrons. The van der Waals surface area contributed by atoms with E-state index in [-0.39, 0.29) is 17.9 Å². The molecule has 1 aromatic rings. The smallest absolute Gasteiger partial charge is 0.341 e. The van der Waals surface area contributed by atoms with Crippen LogP contribution in [0, 0.1) is 0 Å². The van der Waals surface area contributed by atoms with Gasteiger partial charge in [-0.1, -0.05) is 0 Å². The highest BCUT2D eigenvalue weighted by Crippen LogP contribution is 2.12. The van der Waals surface area contributed by atoms with Gasteiger partial charge in [0.1, 0.15) is 5.56 Å². The fourth-order valence-corrected chi connectivity index (χ4v) is 0.887. The van der Waals surface area contributed by atoms with Crippen molar-refractivity contribution in [1.82, 2.24) is 10.2 Å². The fraction of sp³-hybridized carbons (Fsp3) is 0.250. The Morgan fingerprint density at radius 2 is 2.43 bits per heavy atom. The number of carbonyl (C=O) groups is 1. The van der Waals surface area contributed by atoms with E-state index in [0.29, 0.717) is 6.08 Å². The van der Waals surface area contributed by atoms with Crippen LogP contribution in [-0.4, -0.2) is 22.8 Å². The largest absolute Gasteiger partial charge is 0.462 e. The first kappa shape index (κ1) is 10.4. The Hall–Kier alpha value is -1.72. The van der Waals surface area contributed by atoms with E-state index in [0.717, 1.165) is 6.20 Å². The van der Waals surface area contributed by atoms with Crippen molar-refractivity contribution in [2.24, 2.45) is 0 Å². The van der Waals surface area contributed by atoms with E-state index in [4.69, 9.17) is 0 Å². The van der Waals surface area contributed by atoms with E-state index in [1.54, 1.807) is 6.92 Å². The molecule has 1 heterocycles. The fourth-order valence-electron chi connectivity index (χ4n) is 0.887. The molecule has 0 spiro atoms. The summed E-state index contributed by atoms with van der Waals surface area (Å²) >= 11 is 0. The summed E-state index contributed by atoms with van der Waals surface area (Å²) in [5, 5.41) is 5.74. The molecule has 0 aliphatic rings. The SMILES string of the molecule is CCOC(=O)c1cn[nH]c1C=C(F)F. The Balaban J connectivity index is 2.93. The molecule has 76 valence electrons. The lowest BCUT2D eigenvalue weighted by Crippen LogP contribution is -2.04. The second-order valence-electron chi connectivity index (χ2n) is 2.35. The first-order chi connectivity index (χ1) is 6.65. The molecule has 0 saturated heterocycles. The molecule has 14 heavy (non-hydrogen) atoms. The van der Waals surface area contributed by atoms with Gasteiger partial charge in [-0.3, -0.25) is 5.10 Å². The van der Waals surface area contributed by atoms with E-state index in [1.807, 2.05) is 0 Å². The van der Waals surface area contributed by atoms with Crippen LogP contribution in [0.25, 0.3) is 6.08 Å². The monoisotopic (exact) mass is 202 g/mol. The average molecular weight is 202 g/mol. The van der Waals surface area contributed by atoms with Gasteiger partial charge < -0.3 is 4.74 Å². The number of aromatic amines is 1. The number of aromatic nitrogens is 2. The van der Waals surface area contributed by atoms with Gasteiger partial charge in [0.25, 0.3) is 6.08 Å². The highest BCUT2D eigenvalue weighted by atomic mass is 19.3. The summed E-state index contributed by atoms with van der Waals surface area (Å²) in [6, 6.07) is 0. The number of H-pyrrole nitrogens is 1. The lowest BCUT2D eigenvalue weighted by molar-refractivity contribution is 0.0526. The lowest BCUT2D eigenvalue weighted by atomic mass is 10.2. The molecule has 0 fully saturated rings. The molecule has 4 nitrogen and oxygen atoms in total. The molecule has 0 bridgehead atoms. The molecule has 6 heteroatoms. The average Bonchev–Trinajstić information content (AvgIpc) is 2.51. The third kappa shape index (κ3) is 2.38. The molecular formula is C8H8F2N2O2. The minimum Gasteiger partial charge on any atom is -0.462 e. The van der Waals surface area contributed by atoms with Crippen molar-refractivity contribution < 1.29 is 18.3 Å². The van der Waals surface area contributed by atoms with Crippen LogP contribution in [0.1, 0.15) is 23.0 Å². The number of nitrogens with one attached hydrogen (secondary N) is 1. The molecule has 1 rings (SSSR count). The number of ether oxygens (including phenoxy) is 1. The van der Waals surface area contributed by atoms with Crippen LogP contribution in [0.15, 0.2) is 12.3 Å². The maximum atomic E-state index is 11.9. The highest BCUT2D eigenvalue weighted by Gasteiger charge is 2.13. The molecule has 1 N–H and O–H groups in total. The first-order valence-corrected chi connectivity index (χ1v) is 3.88. The minimum atomic E-state index is -1.90. The topological polar surface area (TPSA) is 55.0 Å². The summed E-state index contributed by atoms with van der Waals surface area (Å²) in [6.45, 7) is 1.81. The van der Waals surface area contributed by atoms with Crippen LogP contribution in [0.4, 0.5) is 8.78 Å². The quantitative estimate of drug-likeness (QED) is 0.760. The van der Waals surface area contributed by atoms with Crippen molar-refractivity contribution in [2.75, 3.05) is 6.61 Å². The van der Waals surface area contributed by atoms with E-state index in [1.165, 1.54) is 0 Å². The number of rotatable bonds is 3. The molecule has 0 saturated carbocycles. The lowest BCUT2D eigenvalue weighted by Gasteiger charge is -1.98. The first-order valence-electron chi connectivity index (χ1n) is 3.88. The molecule has 0 amide bonds. The van der Waals surface area contributed by atoms with Crippen molar-refractivity contribution in [3.8, 4) is 0 Å². The molecule has 0 aliphatic carbocycles. The molecule has 0 atom stereocenters. The zero-order chi connectivity index (χ0) is 10.6. The van der Waals surface area contributed by atoms with Gasteiger partial charge in [-0.25, -0.2) is 4.79 Å². The minimum absolute atomic E-state index is 0.000324. The van der Waals surface area contributed by atoms with Crippen LogP contribution in [0.3, 0.4) is 0 Å². The maximum Gasteiger partial charge on any atom is 0.341 e. The standard InChI is InChI=1S/C8H8F2N2O2/c1-2-14-8(13)5-4-11-12-6(5)3-7(9)10/h3-4H,2H2,1H3,(H,11,12). The van der Waals surface area contributed by atoms with Crippen LogP contribution >= 0.6 is 0 Å². The van der Waals surface area contributed by atoms with Gasteiger partial charge in [0, 0.05) is 6.08 Å². The zero-order valence-corrected chi connectivity index (χ0v) is 7.38. The van der Waals surface area contributed by atoms with Gasteiger partial charge in [0.2, 0.25) is 0 Å². The molecule has 0 unspecified atom stereocenters. The summed E-state index contributed by atoms with van der Waals surface area (Å²) in [4.78, 5) is 11.2. The van der Waals surface area contributed by atoms with Gasteiger partial charge in [-0.05, 0) is 6.92 Å². The summed E-state index contributed by atoms with van der Waals surface area (Å²) in [5.41, 5.74) is -0.0527. The predicted octanol–water partition coefficient (Wildman–Crippen LogP) is 1.82.